The van der Waals surface area contributed by atoms with E-state index in [-0.39, 0.29) is 44.7 Å². The van der Waals surface area contributed by atoms with Crippen molar-refractivity contribution < 1.29 is 28.6 Å². The third kappa shape index (κ3) is 7.93. The van der Waals surface area contributed by atoms with Crippen LogP contribution in [0.5, 0.6) is 0 Å². The van der Waals surface area contributed by atoms with Crippen molar-refractivity contribution in [2.75, 3.05) is 46.5 Å². The number of methoxy groups -OCH3 is 1. The Kier molecular flexibility index (Phi) is 9.23. The Balaban J connectivity index is 1.62. The molecule has 2 N–H and O–H groups in total. The Labute approximate surface area is 164 Å². The van der Waals surface area contributed by atoms with Gasteiger partial charge in [-0.3, -0.25) is 4.79 Å². The van der Waals surface area contributed by atoms with Crippen LogP contribution in [0.1, 0.15) is 12.0 Å². The van der Waals surface area contributed by atoms with Gasteiger partial charge in [0.1, 0.15) is 19.8 Å². The van der Waals surface area contributed by atoms with Gasteiger partial charge in [-0.25, -0.2) is 9.59 Å². The minimum absolute atomic E-state index is 0.0712. The molecule has 9 nitrogen and oxygen atoms in total. The van der Waals surface area contributed by atoms with Crippen LogP contribution in [0.15, 0.2) is 30.3 Å². The molecular formula is C19H27N3O6. The summed E-state index contributed by atoms with van der Waals surface area (Å²) in [7, 11) is 1.42. The maximum atomic E-state index is 12.3. The number of hydrogen-bond acceptors (Lipinski definition) is 7. The van der Waals surface area contributed by atoms with Crippen LogP contribution in [0, 0.1) is 0 Å². The summed E-state index contributed by atoms with van der Waals surface area (Å²) < 4.78 is 14.9. The minimum Gasteiger partial charge on any atom is -0.462 e. The molecule has 1 fully saturated rings. The maximum Gasteiger partial charge on any atom is 0.407 e. The highest BCUT2D eigenvalue weighted by Gasteiger charge is 2.24. The Morgan fingerprint density at radius 3 is 2.75 bits per heavy atom. The third-order valence-electron chi connectivity index (χ3n) is 4.14. The normalized spacial score (nSPS) is 16.3. The van der Waals surface area contributed by atoms with Crippen molar-refractivity contribution in [2.24, 2.45) is 0 Å². The van der Waals surface area contributed by atoms with E-state index in [9.17, 15) is 14.4 Å². The number of piperazine rings is 1. The standard InChI is InChI=1S/C19H27N3O6/c1-26-14-18(24)27-13-16-11-22(10-9-20-16)17(23)7-8-21-19(25)28-12-15-5-3-2-4-6-15/h2-6,16,20H,7-14H2,1H3,(H,21,25). The zero-order valence-electron chi connectivity index (χ0n) is 16.0. The molecule has 154 valence electrons. The van der Waals surface area contributed by atoms with Crippen molar-refractivity contribution in [2.45, 2.75) is 19.1 Å². The van der Waals surface area contributed by atoms with E-state index in [0.29, 0.717) is 19.6 Å². The molecule has 0 saturated carbocycles. The fourth-order valence-corrected chi connectivity index (χ4v) is 2.72. The van der Waals surface area contributed by atoms with Crippen molar-refractivity contribution in [1.29, 1.82) is 0 Å². The number of rotatable bonds is 9. The number of alkyl carbamates (subject to hydrolysis) is 1. The molecule has 0 spiro atoms. The van der Waals surface area contributed by atoms with Crippen LogP contribution < -0.4 is 10.6 Å². The van der Waals surface area contributed by atoms with Crippen LogP contribution in [0.4, 0.5) is 4.79 Å². The van der Waals surface area contributed by atoms with Crippen LogP contribution in [-0.4, -0.2) is 75.4 Å². The SMILES string of the molecule is COCC(=O)OCC1CN(C(=O)CCNC(=O)OCc2ccccc2)CCN1. The molecule has 1 aromatic carbocycles. The predicted octanol–water partition coefficient (Wildman–Crippen LogP) is 0.293. The summed E-state index contributed by atoms with van der Waals surface area (Å²) in [5.74, 6) is -0.510. The zero-order chi connectivity index (χ0) is 20.2. The van der Waals surface area contributed by atoms with Crippen molar-refractivity contribution >= 4 is 18.0 Å². The van der Waals surface area contributed by atoms with Gasteiger partial charge in [0.2, 0.25) is 5.91 Å². The van der Waals surface area contributed by atoms with Crippen molar-refractivity contribution in [3.05, 3.63) is 35.9 Å². The molecule has 1 aliphatic rings. The largest absolute Gasteiger partial charge is 0.462 e. The number of carbonyl (C=O) groups excluding carboxylic acids is 3. The molecule has 0 aromatic heterocycles. The van der Waals surface area contributed by atoms with Gasteiger partial charge in [-0.2, -0.15) is 0 Å². The first-order chi connectivity index (χ1) is 13.6. The Morgan fingerprint density at radius 1 is 1.21 bits per heavy atom. The number of benzene rings is 1. The molecule has 1 aliphatic heterocycles. The van der Waals surface area contributed by atoms with Crippen LogP contribution in [0.3, 0.4) is 0 Å². The molecule has 2 amide bonds. The van der Waals surface area contributed by atoms with Crippen molar-refractivity contribution in [3.63, 3.8) is 0 Å². The van der Waals surface area contributed by atoms with Crippen molar-refractivity contribution in [1.82, 2.24) is 15.5 Å². The first kappa shape index (κ1) is 21.6. The monoisotopic (exact) mass is 393 g/mol. The molecule has 1 saturated heterocycles. The molecule has 1 aromatic rings. The number of ether oxygens (including phenoxy) is 3. The van der Waals surface area contributed by atoms with Gasteiger partial charge >= 0.3 is 12.1 Å². The second-order valence-corrected chi connectivity index (χ2v) is 6.35. The molecular weight excluding hydrogens is 366 g/mol. The lowest BCUT2D eigenvalue weighted by Crippen LogP contribution is -2.54. The van der Waals surface area contributed by atoms with Gasteiger partial charge in [0.05, 0.1) is 6.04 Å². The molecule has 0 aliphatic carbocycles. The quantitative estimate of drug-likeness (QED) is 0.581. The van der Waals surface area contributed by atoms with Crippen LogP contribution >= 0.6 is 0 Å². The summed E-state index contributed by atoms with van der Waals surface area (Å²) in [6, 6.07) is 9.24. The van der Waals surface area contributed by atoms with Gasteiger partial charge in [0.15, 0.2) is 0 Å². The van der Waals surface area contributed by atoms with E-state index in [2.05, 4.69) is 10.6 Å². The number of amides is 2. The topological polar surface area (TPSA) is 106 Å². The summed E-state index contributed by atoms with van der Waals surface area (Å²) >= 11 is 0. The Morgan fingerprint density at radius 2 is 2.00 bits per heavy atom. The molecule has 1 atom stereocenters. The smallest absolute Gasteiger partial charge is 0.407 e. The van der Waals surface area contributed by atoms with Gasteiger partial charge in [-0.05, 0) is 5.56 Å². The van der Waals surface area contributed by atoms with Crippen LogP contribution in [0.25, 0.3) is 0 Å². The second-order valence-electron chi connectivity index (χ2n) is 6.35. The minimum atomic E-state index is -0.556. The summed E-state index contributed by atoms with van der Waals surface area (Å²) in [5.41, 5.74) is 0.895. The van der Waals surface area contributed by atoms with Crippen molar-refractivity contribution in [3.8, 4) is 0 Å². The summed E-state index contributed by atoms with van der Waals surface area (Å²) in [6.45, 7) is 2.09. The molecule has 2 rings (SSSR count). The number of nitrogens with one attached hydrogen (secondary N) is 2. The highest BCUT2D eigenvalue weighted by molar-refractivity contribution is 5.77. The highest BCUT2D eigenvalue weighted by atomic mass is 16.6. The molecule has 9 heteroatoms. The molecule has 28 heavy (non-hydrogen) atoms. The van der Waals surface area contributed by atoms with Crippen LogP contribution in [-0.2, 0) is 30.4 Å². The number of nitrogens with zero attached hydrogens (tertiary/aromatic N) is 1. The highest BCUT2D eigenvalue weighted by Crippen LogP contribution is 2.03. The Hall–Kier alpha value is -2.65. The first-order valence-corrected chi connectivity index (χ1v) is 9.18. The molecule has 0 radical (unpaired) electrons. The lowest BCUT2D eigenvalue weighted by molar-refractivity contribution is -0.149. The van der Waals surface area contributed by atoms with Gasteiger partial charge < -0.3 is 29.7 Å². The van der Waals surface area contributed by atoms with E-state index in [1.165, 1.54) is 7.11 Å². The second kappa shape index (κ2) is 11.9. The van der Waals surface area contributed by atoms with E-state index in [0.717, 1.165) is 5.56 Å². The van der Waals surface area contributed by atoms with E-state index in [1.54, 1.807) is 4.90 Å². The van der Waals surface area contributed by atoms with Gasteiger partial charge in [0.25, 0.3) is 0 Å². The number of esters is 1. The Bertz CT molecular complexity index is 640. The van der Waals surface area contributed by atoms with Crippen LogP contribution in [0.2, 0.25) is 0 Å². The van der Waals surface area contributed by atoms with E-state index in [4.69, 9.17) is 14.2 Å². The summed E-state index contributed by atoms with van der Waals surface area (Å²) in [5, 5.41) is 5.79. The lowest BCUT2D eigenvalue weighted by Gasteiger charge is -2.33. The molecule has 1 unspecified atom stereocenters. The fourth-order valence-electron chi connectivity index (χ4n) is 2.72. The van der Waals surface area contributed by atoms with E-state index < -0.39 is 12.1 Å². The average Bonchev–Trinajstić information content (AvgIpc) is 2.72. The summed E-state index contributed by atoms with van der Waals surface area (Å²) in [6.07, 6.45) is -0.378. The zero-order valence-corrected chi connectivity index (χ0v) is 16.0. The average molecular weight is 393 g/mol. The lowest BCUT2D eigenvalue weighted by atomic mass is 10.2. The maximum absolute atomic E-state index is 12.3. The summed E-state index contributed by atoms with van der Waals surface area (Å²) in [4.78, 5) is 37.1. The van der Waals surface area contributed by atoms with Gasteiger partial charge in [-0.15, -0.1) is 0 Å². The van der Waals surface area contributed by atoms with E-state index >= 15 is 0 Å². The molecule has 1 heterocycles. The predicted molar refractivity (Wildman–Crippen MR) is 100 cm³/mol. The fraction of sp³-hybridized carbons (Fsp3) is 0.526. The third-order valence-corrected chi connectivity index (χ3v) is 4.14. The van der Waals surface area contributed by atoms with Gasteiger partial charge in [-0.1, -0.05) is 30.3 Å². The first-order valence-electron chi connectivity index (χ1n) is 9.18. The number of hydrogen-bond donors (Lipinski definition) is 2. The molecule has 0 bridgehead atoms. The van der Waals surface area contributed by atoms with Gasteiger partial charge in [0, 0.05) is 39.7 Å². The van der Waals surface area contributed by atoms with E-state index in [1.807, 2.05) is 30.3 Å². The number of carbonyl (C=O) groups is 3.